The van der Waals surface area contributed by atoms with Gasteiger partial charge in [0.25, 0.3) is 0 Å². The van der Waals surface area contributed by atoms with E-state index in [1.807, 2.05) is 16.7 Å². The van der Waals surface area contributed by atoms with Crippen LogP contribution in [0.3, 0.4) is 0 Å². The molecule has 238 valence electrons. The monoisotopic (exact) mass is 661 g/mol. The van der Waals surface area contributed by atoms with Gasteiger partial charge in [-0.05, 0) is 61.6 Å². The molecule has 12 heteroatoms. The third kappa shape index (κ3) is 7.99. The molecule has 1 N–H and O–H groups in total. The first-order valence-electron chi connectivity index (χ1n) is 14.4. The molecule has 0 aliphatic carbocycles. The van der Waals surface area contributed by atoms with Gasteiger partial charge in [0.05, 0.1) is 5.92 Å². The fraction of sp³-hybridized carbons (Fsp3) is 0.548. The molecule has 43 heavy (non-hydrogen) atoms. The van der Waals surface area contributed by atoms with Crippen molar-refractivity contribution in [3.63, 3.8) is 0 Å². The quantitative estimate of drug-likeness (QED) is 0.440. The predicted molar refractivity (Wildman–Crippen MR) is 167 cm³/mol. The molecular weight excluding hydrogens is 623 g/mol. The Bertz CT molecular complexity index is 1280. The van der Waals surface area contributed by atoms with Crippen molar-refractivity contribution in [2.24, 2.45) is 5.92 Å². The number of benzene rings is 2. The standard InChI is InChI=1S/C31H38ClF2N3O4.2ClH/c1-19-3-4-21(27(33)13-19)14-29(31(39)40)35-9-10-37(20(2)16-35)30(38)26-18-36(23-7-11-41-12-8-23)17-25(26)24-6-5-22(32)15-28(24)34;;/h3-6,13,15,20,23,25-26,29H,7-12,14,16-18H2,1-2H3,(H,39,40);2*1H/t20-,25-,26+,29-;;/m0../s1. The van der Waals surface area contributed by atoms with E-state index in [2.05, 4.69) is 4.90 Å². The summed E-state index contributed by atoms with van der Waals surface area (Å²) < 4.78 is 35.2. The molecule has 7 nitrogen and oxygen atoms in total. The number of carboxylic acids is 1. The molecule has 2 aromatic rings. The molecule has 0 bridgehead atoms. The summed E-state index contributed by atoms with van der Waals surface area (Å²) in [4.78, 5) is 32.3. The Morgan fingerprint density at radius 3 is 2.37 bits per heavy atom. The lowest BCUT2D eigenvalue weighted by Gasteiger charge is -2.43. The van der Waals surface area contributed by atoms with Crippen molar-refractivity contribution in [1.82, 2.24) is 14.7 Å². The highest BCUT2D eigenvalue weighted by molar-refractivity contribution is 6.30. The molecular formula is C31H40Cl3F2N3O4. The molecule has 3 saturated heterocycles. The van der Waals surface area contributed by atoms with Gasteiger partial charge in [-0.25, -0.2) is 8.78 Å². The number of amides is 1. The number of carbonyl (C=O) groups excluding carboxylic acids is 1. The molecule has 5 rings (SSSR count). The minimum atomic E-state index is -1.02. The van der Waals surface area contributed by atoms with E-state index < -0.39 is 29.6 Å². The van der Waals surface area contributed by atoms with Gasteiger partial charge in [-0.15, -0.1) is 24.8 Å². The van der Waals surface area contributed by atoms with Crippen LogP contribution < -0.4 is 0 Å². The largest absolute Gasteiger partial charge is 0.480 e. The van der Waals surface area contributed by atoms with Crippen LogP contribution in [-0.4, -0.2) is 95.7 Å². The number of ether oxygens (including phenoxy) is 1. The van der Waals surface area contributed by atoms with Gasteiger partial charge in [-0.2, -0.15) is 0 Å². The number of likely N-dealkylation sites (tertiary alicyclic amines) is 1. The maximum atomic E-state index is 15.1. The molecule has 3 aliphatic rings. The molecule has 0 aromatic heterocycles. The number of nitrogens with zero attached hydrogens (tertiary/aromatic N) is 3. The first-order chi connectivity index (χ1) is 19.6. The molecule has 0 saturated carbocycles. The number of aliphatic carboxylic acids is 1. The smallest absolute Gasteiger partial charge is 0.321 e. The molecule has 2 aromatic carbocycles. The number of piperazine rings is 1. The number of halogens is 5. The van der Waals surface area contributed by atoms with E-state index in [1.54, 1.807) is 31.2 Å². The summed E-state index contributed by atoms with van der Waals surface area (Å²) in [7, 11) is 0. The van der Waals surface area contributed by atoms with Gasteiger partial charge < -0.3 is 14.7 Å². The fourth-order valence-electron chi connectivity index (χ4n) is 6.76. The van der Waals surface area contributed by atoms with Crippen LogP contribution in [0, 0.1) is 24.5 Å². The molecule has 0 radical (unpaired) electrons. The van der Waals surface area contributed by atoms with E-state index in [9.17, 15) is 19.1 Å². The van der Waals surface area contributed by atoms with Crippen LogP contribution in [0.1, 0.15) is 42.4 Å². The average molecular weight is 663 g/mol. The SMILES string of the molecule is Cc1ccc(C[C@@H](C(=O)O)N2CCN(C(=O)[C@@H]3CN(C4CCOCC4)C[C@H]3c3ccc(Cl)cc3F)[C@@H](C)C2)c(F)c1.Cl.Cl. The van der Waals surface area contributed by atoms with Crippen molar-refractivity contribution in [3.8, 4) is 0 Å². The first-order valence-corrected chi connectivity index (χ1v) is 14.8. The highest BCUT2D eigenvalue weighted by Crippen LogP contribution is 2.39. The van der Waals surface area contributed by atoms with Crippen LogP contribution in [0.25, 0.3) is 0 Å². The van der Waals surface area contributed by atoms with Crippen LogP contribution >= 0.6 is 36.4 Å². The van der Waals surface area contributed by atoms with Gasteiger partial charge in [0.15, 0.2) is 0 Å². The van der Waals surface area contributed by atoms with E-state index in [0.29, 0.717) is 62.1 Å². The summed E-state index contributed by atoms with van der Waals surface area (Å²) in [6.07, 6.45) is 1.80. The van der Waals surface area contributed by atoms with E-state index in [4.69, 9.17) is 16.3 Å². The van der Waals surface area contributed by atoms with Crippen molar-refractivity contribution in [3.05, 3.63) is 69.7 Å². The van der Waals surface area contributed by atoms with Crippen molar-refractivity contribution < 1.29 is 28.2 Å². The third-order valence-corrected chi connectivity index (χ3v) is 9.26. The summed E-state index contributed by atoms with van der Waals surface area (Å²) in [5.74, 6) is -2.61. The van der Waals surface area contributed by atoms with Crippen molar-refractivity contribution in [1.29, 1.82) is 0 Å². The second-order valence-corrected chi connectivity index (χ2v) is 12.1. The van der Waals surface area contributed by atoms with Gasteiger partial charge in [0.2, 0.25) is 5.91 Å². The Labute approximate surface area is 269 Å². The van der Waals surface area contributed by atoms with Gasteiger partial charge in [-0.1, -0.05) is 29.8 Å². The van der Waals surface area contributed by atoms with Gasteiger partial charge in [0.1, 0.15) is 17.7 Å². The molecule has 3 fully saturated rings. The Morgan fingerprint density at radius 1 is 1.02 bits per heavy atom. The van der Waals surface area contributed by atoms with Crippen LogP contribution in [0.15, 0.2) is 36.4 Å². The zero-order valence-electron chi connectivity index (χ0n) is 24.4. The van der Waals surface area contributed by atoms with E-state index in [0.717, 1.165) is 18.4 Å². The zero-order valence-corrected chi connectivity index (χ0v) is 26.8. The summed E-state index contributed by atoms with van der Waals surface area (Å²) >= 11 is 6.04. The van der Waals surface area contributed by atoms with Gasteiger partial charge >= 0.3 is 5.97 Å². The molecule has 3 heterocycles. The summed E-state index contributed by atoms with van der Waals surface area (Å²) in [6.45, 7) is 7.24. The second kappa shape index (κ2) is 15.3. The zero-order chi connectivity index (χ0) is 29.3. The number of rotatable bonds is 7. The Morgan fingerprint density at radius 2 is 1.74 bits per heavy atom. The Balaban J connectivity index is 0.00000253. The normalized spacial score (nSPS) is 24.2. The van der Waals surface area contributed by atoms with Crippen molar-refractivity contribution in [2.75, 3.05) is 45.9 Å². The van der Waals surface area contributed by atoms with Crippen molar-refractivity contribution >= 4 is 48.3 Å². The van der Waals surface area contributed by atoms with Crippen LogP contribution in [0.2, 0.25) is 5.02 Å². The number of carbonyl (C=O) groups is 2. The molecule has 0 spiro atoms. The number of carboxylic acid groups (broad SMARTS) is 1. The number of hydrogen-bond donors (Lipinski definition) is 1. The van der Waals surface area contributed by atoms with Crippen molar-refractivity contribution in [2.45, 2.75) is 57.2 Å². The van der Waals surface area contributed by atoms with Crippen LogP contribution in [0.5, 0.6) is 0 Å². The van der Waals surface area contributed by atoms with Crippen LogP contribution in [0.4, 0.5) is 8.78 Å². The lowest BCUT2D eigenvalue weighted by molar-refractivity contribution is -0.147. The van der Waals surface area contributed by atoms with Gasteiger partial charge in [0, 0.05) is 75.4 Å². The van der Waals surface area contributed by atoms with E-state index in [1.165, 1.54) is 12.1 Å². The maximum Gasteiger partial charge on any atom is 0.321 e. The molecule has 0 unspecified atom stereocenters. The number of hydrogen-bond acceptors (Lipinski definition) is 5. The first kappa shape index (κ1) is 35.5. The fourth-order valence-corrected chi connectivity index (χ4v) is 6.92. The molecule has 1 amide bonds. The maximum absolute atomic E-state index is 15.1. The second-order valence-electron chi connectivity index (χ2n) is 11.7. The molecule has 3 aliphatic heterocycles. The van der Waals surface area contributed by atoms with Crippen LogP contribution in [-0.2, 0) is 20.7 Å². The highest BCUT2D eigenvalue weighted by Gasteiger charge is 2.45. The Hall–Kier alpha value is -2.01. The summed E-state index contributed by atoms with van der Waals surface area (Å²) in [5.41, 5.74) is 1.64. The minimum absolute atomic E-state index is 0. The molecule has 4 atom stereocenters. The van der Waals surface area contributed by atoms with E-state index in [-0.39, 0.29) is 55.1 Å². The lowest BCUT2D eigenvalue weighted by Crippen LogP contribution is -2.59. The highest BCUT2D eigenvalue weighted by atomic mass is 35.5. The lowest BCUT2D eigenvalue weighted by atomic mass is 9.87. The Kier molecular flexibility index (Phi) is 12.6. The summed E-state index contributed by atoms with van der Waals surface area (Å²) in [5, 5.41) is 10.3. The van der Waals surface area contributed by atoms with Gasteiger partial charge in [-0.3, -0.25) is 19.4 Å². The average Bonchev–Trinajstić information content (AvgIpc) is 3.38. The number of aryl methyl sites for hydroxylation is 1. The van der Waals surface area contributed by atoms with E-state index >= 15 is 4.39 Å². The minimum Gasteiger partial charge on any atom is -0.480 e. The summed E-state index contributed by atoms with van der Waals surface area (Å²) in [6, 6.07) is 8.63. The third-order valence-electron chi connectivity index (χ3n) is 9.02. The predicted octanol–water partition coefficient (Wildman–Crippen LogP) is 5.19. The topological polar surface area (TPSA) is 73.3 Å².